The molecule has 5 heteroatoms. The first kappa shape index (κ1) is 14.7. The van der Waals surface area contributed by atoms with Gasteiger partial charge >= 0.3 is 0 Å². The Balaban J connectivity index is 2.08. The molecule has 1 aromatic carbocycles. The van der Waals surface area contributed by atoms with Gasteiger partial charge in [0.25, 0.3) is 0 Å². The lowest BCUT2D eigenvalue weighted by atomic mass is 10.0. The van der Waals surface area contributed by atoms with Gasteiger partial charge < -0.3 is 5.32 Å². The minimum absolute atomic E-state index is 0.242. The van der Waals surface area contributed by atoms with E-state index < -0.39 is 0 Å². The summed E-state index contributed by atoms with van der Waals surface area (Å²) in [5.74, 6) is 1.80. The largest absolute Gasteiger partial charge is 0.372 e. The van der Waals surface area contributed by atoms with Crippen LogP contribution >= 0.6 is 22.6 Å². The van der Waals surface area contributed by atoms with Gasteiger partial charge in [0.05, 0.1) is 9.26 Å². The van der Waals surface area contributed by atoms with Gasteiger partial charge in [-0.3, -0.25) is 0 Å². The molecule has 0 amide bonds. The minimum Gasteiger partial charge on any atom is -0.372 e. The maximum Gasteiger partial charge on any atom is 0.161 e. The Morgan fingerprint density at radius 2 is 1.81 bits per heavy atom. The van der Waals surface area contributed by atoms with Crippen molar-refractivity contribution in [3.05, 3.63) is 39.3 Å². The van der Waals surface area contributed by atoms with Crippen molar-refractivity contribution in [2.24, 2.45) is 0 Å². The molecule has 0 saturated heterocycles. The molecular formula is C16H17FIN3. The molecular weight excluding hydrogens is 380 g/mol. The predicted molar refractivity (Wildman–Crippen MR) is 90.9 cm³/mol. The van der Waals surface area contributed by atoms with Crippen LogP contribution in [0.1, 0.15) is 37.3 Å². The van der Waals surface area contributed by atoms with Crippen molar-refractivity contribution >= 4 is 28.4 Å². The van der Waals surface area contributed by atoms with E-state index in [4.69, 9.17) is 4.98 Å². The van der Waals surface area contributed by atoms with E-state index in [0.717, 1.165) is 20.6 Å². The van der Waals surface area contributed by atoms with Crippen molar-refractivity contribution in [2.45, 2.75) is 31.6 Å². The molecule has 0 atom stereocenters. The van der Waals surface area contributed by atoms with E-state index in [-0.39, 0.29) is 5.82 Å². The fraction of sp³-hybridized carbons (Fsp3) is 0.375. The standard InChI is InChI=1S/C16H17FIN3/c1-19-16-13(18)14(10-4-2-3-5-10)20-15(21-16)11-6-8-12(17)9-7-11/h6-10H,2-5H2,1H3,(H,19,20,21). The topological polar surface area (TPSA) is 37.8 Å². The summed E-state index contributed by atoms with van der Waals surface area (Å²) in [5.41, 5.74) is 1.98. The first-order valence-electron chi connectivity index (χ1n) is 7.20. The first-order chi connectivity index (χ1) is 10.2. The van der Waals surface area contributed by atoms with Gasteiger partial charge in [-0.1, -0.05) is 12.8 Å². The third-order valence-corrected chi connectivity index (χ3v) is 5.02. The van der Waals surface area contributed by atoms with Gasteiger partial charge in [0.1, 0.15) is 11.6 Å². The minimum atomic E-state index is -0.242. The molecule has 3 nitrogen and oxygen atoms in total. The zero-order valence-electron chi connectivity index (χ0n) is 11.9. The fourth-order valence-corrected chi connectivity index (χ4v) is 3.78. The van der Waals surface area contributed by atoms with Crippen LogP contribution in [0.5, 0.6) is 0 Å². The maximum absolute atomic E-state index is 13.1. The number of nitrogens with one attached hydrogen (secondary N) is 1. The predicted octanol–water partition coefficient (Wildman–Crippen LogP) is 4.59. The normalized spacial score (nSPS) is 15.4. The van der Waals surface area contributed by atoms with Crippen molar-refractivity contribution in [2.75, 3.05) is 12.4 Å². The average Bonchev–Trinajstić information content (AvgIpc) is 3.02. The quantitative estimate of drug-likeness (QED) is 0.771. The van der Waals surface area contributed by atoms with E-state index >= 15 is 0 Å². The zero-order chi connectivity index (χ0) is 14.8. The van der Waals surface area contributed by atoms with Crippen LogP contribution in [-0.2, 0) is 0 Å². The number of aromatic nitrogens is 2. The lowest BCUT2D eigenvalue weighted by molar-refractivity contribution is 0.628. The van der Waals surface area contributed by atoms with E-state index in [1.807, 2.05) is 7.05 Å². The molecule has 0 aliphatic heterocycles. The summed E-state index contributed by atoms with van der Waals surface area (Å²) in [6.45, 7) is 0. The fourth-order valence-electron chi connectivity index (χ4n) is 2.83. The highest BCUT2D eigenvalue weighted by molar-refractivity contribution is 14.1. The highest BCUT2D eigenvalue weighted by Crippen LogP contribution is 2.37. The van der Waals surface area contributed by atoms with E-state index in [1.54, 1.807) is 12.1 Å². The second kappa shape index (κ2) is 6.25. The summed E-state index contributed by atoms with van der Waals surface area (Å²) in [7, 11) is 1.87. The van der Waals surface area contributed by atoms with Crippen molar-refractivity contribution in [3.63, 3.8) is 0 Å². The molecule has 1 heterocycles. The number of benzene rings is 1. The molecule has 0 spiro atoms. The Morgan fingerprint density at radius 3 is 2.43 bits per heavy atom. The second-order valence-corrected chi connectivity index (χ2v) is 6.41. The van der Waals surface area contributed by atoms with Crippen molar-refractivity contribution in [1.29, 1.82) is 0 Å². The highest BCUT2D eigenvalue weighted by atomic mass is 127. The van der Waals surface area contributed by atoms with Crippen LogP contribution in [0.15, 0.2) is 24.3 Å². The Morgan fingerprint density at radius 1 is 1.14 bits per heavy atom. The van der Waals surface area contributed by atoms with Crippen molar-refractivity contribution in [1.82, 2.24) is 9.97 Å². The van der Waals surface area contributed by atoms with E-state index in [2.05, 4.69) is 32.9 Å². The first-order valence-corrected chi connectivity index (χ1v) is 8.28. The van der Waals surface area contributed by atoms with Gasteiger partial charge in [-0.2, -0.15) is 0 Å². The third-order valence-electron chi connectivity index (χ3n) is 3.96. The van der Waals surface area contributed by atoms with Gasteiger partial charge in [0.2, 0.25) is 0 Å². The molecule has 0 radical (unpaired) electrons. The molecule has 0 unspecified atom stereocenters. The Kier molecular flexibility index (Phi) is 4.37. The molecule has 1 saturated carbocycles. The molecule has 0 bridgehead atoms. The summed E-state index contributed by atoms with van der Waals surface area (Å²) in [6.07, 6.45) is 4.93. The van der Waals surface area contributed by atoms with Crippen LogP contribution in [-0.4, -0.2) is 17.0 Å². The average molecular weight is 397 g/mol. The van der Waals surface area contributed by atoms with Gasteiger partial charge in [-0.05, 0) is 59.7 Å². The van der Waals surface area contributed by atoms with Gasteiger partial charge in [-0.25, -0.2) is 14.4 Å². The van der Waals surface area contributed by atoms with Crippen LogP contribution in [0.4, 0.5) is 10.2 Å². The SMILES string of the molecule is CNc1nc(-c2ccc(F)cc2)nc(C2CCCC2)c1I. The number of hydrogen-bond acceptors (Lipinski definition) is 3. The van der Waals surface area contributed by atoms with Crippen LogP contribution in [0.3, 0.4) is 0 Å². The van der Waals surface area contributed by atoms with Crippen LogP contribution in [0, 0.1) is 9.39 Å². The van der Waals surface area contributed by atoms with Crippen LogP contribution in [0.2, 0.25) is 0 Å². The zero-order valence-corrected chi connectivity index (χ0v) is 14.0. The summed E-state index contributed by atoms with van der Waals surface area (Å²) in [5, 5.41) is 3.15. The molecule has 1 aliphatic carbocycles. The summed E-state index contributed by atoms with van der Waals surface area (Å²) < 4.78 is 14.2. The Labute approximate surface area is 137 Å². The molecule has 21 heavy (non-hydrogen) atoms. The van der Waals surface area contributed by atoms with Crippen molar-refractivity contribution in [3.8, 4) is 11.4 Å². The third kappa shape index (κ3) is 3.02. The molecule has 1 aliphatic rings. The molecule has 110 valence electrons. The second-order valence-electron chi connectivity index (χ2n) is 5.33. The van der Waals surface area contributed by atoms with Crippen LogP contribution in [0.25, 0.3) is 11.4 Å². The summed E-state index contributed by atoms with van der Waals surface area (Å²) in [6, 6.07) is 6.36. The molecule has 3 rings (SSSR count). The van der Waals surface area contributed by atoms with E-state index in [9.17, 15) is 4.39 Å². The Bertz CT molecular complexity index is 637. The molecule has 1 aromatic heterocycles. The van der Waals surface area contributed by atoms with E-state index in [1.165, 1.54) is 37.8 Å². The molecule has 1 N–H and O–H groups in total. The lowest BCUT2D eigenvalue weighted by Crippen LogP contribution is -2.08. The van der Waals surface area contributed by atoms with Gasteiger partial charge in [0.15, 0.2) is 5.82 Å². The van der Waals surface area contributed by atoms with Crippen molar-refractivity contribution < 1.29 is 4.39 Å². The lowest BCUT2D eigenvalue weighted by Gasteiger charge is -2.15. The number of anilines is 1. The Hall–Kier alpha value is -1.24. The van der Waals surface area contributed by atoms with Crippen LogP contribution < -0.4 is 5.32 Å². The number of nitrogens with zero attached hydrogens (tertiary/aromatic N) is 2. The molecule has 1 fully saturated rings. The smallest absolute Gasteiger partial charge is 0.161 e. The van der Waals surface area contributed by atoms with E-state index in [0.29, 0.717) is 11.7 Å². The summed E-state index contributed by atoms with van der Waals surface area (Å²) >= 11 is 2.32. The summed E-state index contributed by atoms with van der Waals surface area (Å²) in [4.78, 5) is 9.35. The van der Waals surface area contributed by atoms with Gasteiger partial charge in [0, 0.05) is 18.5 Å². The highest BCUT2D eigenvalue weighted by Gasteiger charge is 2.23. The number of hydrogen-bond donors (Lipinski definition) is 1. The number of rotatable bonds is 3. The van der Waals surface area contributed by atoms with Gasteiger partial charge in [-0.15, -0.1) is 0 Å². The monoisotopic (exact) mass is 397 g/mol. The number of halogens is 2. The maximum atomic E-state index is 13.1. The molecule has 2 aromatic rings.